The van der Waals surface area contributed by atoms with Crippen molar-refractivity contribution >= 4 is 12.0 Å². The first-order chi connectivity index (χ1) is 10.0. The second kappa shape index (κ2) is 22.1. The SMILES string of the molecule is C=CC#N.C=CC(=O)O.C=CC=C.C=Cc1ccccc1. The Morgan fingerprint density at radius 2 is 1.43 bits per heavy atom. The Kier molecular flexibility index (Phi) is 24.2. The fraction of sp³-hybridized carbons (Fsp3) is 0. The first-order valence-corrected chi connectivity index (χ1v) is 5.80. The summed E-state index contributed by atoms with van der Waals surface area (Å²) in [6.07, 6.45) is 7.12. The van der Waals surface area contributed by atoms with E-state index in [0.29, 0.717) is 0 Å². The number of carboxylic acid groups (broad SMARTS) is 1. The number of nitriles is 1. The molecule has 0 aromatic heterocycles. The third kappa shape index (κ3) is 31.6. The largest absolute Gasteiger partial charge is 0.478 e. The molecular formula is C18H21NO2. The first-order valence-electron chi connectivity index (χ1n) is 5.80. The van der Waals surface area contributed by atoms with Gasteiger partial charge in [0.1, 0.15) is 0 Å². The molecule has 0 radical (unpaired) electrons. The van der Waals surface area contributed by atoms with Crippen molar-refractivity contribution in [2.45, 2.75) is 0 Å². The molecule has 0 saturated carbocycles. The molecule has 0 heterocycles. The van der Waals surface area contributed by atoms with Gasteiger partial charge in [-0.1, -0.05) is 81.5 Å². The Morgan fingerprint density at radius 3 is 1.57 bits per heavy atom. The molecule has 0 aliphatic carbocycles. The van der Waals surface area contributed by atoms with Crippen LogP contribution in [0.2, 0.25) is 0 Å². The zero-order chi connectivity index (χ0) is 16.9. The van der Waals surface area contributed by atoms with E-state index >= 15 is 0 Å². The number of carboxylic acids is 1. The average molecular weight is 283 g/mol. The Hall–Kier alpha value is -3.12. The number of nitrogens with zero attached hydrogens (tertiary/aromatic N) is 1. The van der Waals surface area contributed by atoms with Crippen molar-refractivity contribution in [3.05, 3.63) is 93.1 Å². The van der Waals surface area contributed by atoms with E-state index in [1.54, 1.807) is 18.2 Å². The van der Waals surface area contributed by atoms with Gasteiger partial charge in [-0.15, -0.1) is 0 Å². The van der Waals surface area contributed by atoms with Gasteiger partial charge in [0.05, 0.1) is 6.07 Å². The number of carbonyl (C=O) groups is 1. The maximum Gasteiger partial charge on any atom is 0.327 e. The van der Waals surface area contributed by atoms with Crippen molar-refractivity contribution in [3.8, 4) is 6.07 Å². The lowest BCUT2D eigenvalue weighted by molar-refractivity contribution is -0.131. The quantitative estimate of drug-likeness (QED) is 0.499. The minimum atomic E-state index is -0.981. The van der Waals surface area contributed by atoms with Crippen LogP contribution in [0, 0.1) is 11.3 Å². The molecule has 0 spiro atoms. The van der Waals surface area contributed by atoms with E-state index in [4.69, 9.17) is 10.4 Å². The molecule has 0 aliphatic heterocycles. The van der Waals surface area contributed by atoms with Crippen molar-refractivity contribution in [1.29, 1.82) is 5.26 Å². The third-order valence-corrected chi connectivity index (χ3v) is 1.47. The standard InChI is InChI=1S/C8H8.C4H6.C3H3N.C3H4O2/c1-2-8-6-4-3-5-7-8;1-3-4-2;1-2-3-4;1-2-3(4)5/h2-7H,1H2;3-4H,1-2H2;2H,1H2;2H,1H2,(H,4,5). The molecule has 1 N–H and O–H groups in total. The Labute approximate surface area is 127 Å². The lowest BCUT2D eigenvalue weighted by Crippen LogP contribution is -1.82. The Balaban J connectivity index is -0.000000219. The van der Waals surface area contributed by atoms with Crippen LogP contribution in [0.5, 0.6) is 0 Å². The monoisotopic (exact) mass is 283 g/mol. The van der Waals surface area contributed by atoms with E-state index in [1.807, 2.05) is 36.4 Å². The molecule has 110 valence electrons. The number of allylic oxidation sites excluding steroid dienone is 3. The van der Waals surface area contributed by atoms with Gasteiger partial charge in [-0.25, -0.2) is 4.79 Å². The molecular weight excluding hydrogens is 262 g/mol. The van der Waals surface area contributed by atoms with Gasteiger partial charge in [0.15, 0.2) is 0 Å². The number of hydrogen-bond donors (Lipinski definition) is 1. The van der Waals surface area contributed by atoms with E-state index in [0.717, 1.165) is 6.08 Å². The van der Waals surface area contributed by atoms with Gasteiger partial charge in [0, 0.05) is 12.2 Å². The first kappa shape index (κ1) is 23.0. The summed E-state index contributed by atoms with van der Waals surface area (Å²) in [5, 5.41) is 15.1. The lowest BCUT2D eigenvalue weighted by atomic mass is 10.2. The lowest BCUT2D eigenvalue weighted by Gasteiger charge is -1.85. The van der Waals surface area contributed by atoms with Crippen LogP contribution < -0.4 is 0 Å². The summed E-state index contributed by atoms with van der Waals surface area (Å²) in [6, 6.07) is 11.7. The summed E-state index contributed by atoms with van der Waals surface area (Å²) in [5.74, 6) is -0.981. The molecule has 1 rings (SSSR count). The van der Waals surface area contributed by atoms with Crippen LogP contribution in [-0.2, 0) is 4.79 Å². The zero-order valence-electron chi connectivity index (χ0n) is 12.1. The number of aliphatic carboxylic acids is 1. The van der Waals surface area contributed by atoms with Gasteiger partial charge in [0.25, 0.3) is 0 Å². The van der Waals surface area contributed by atoms with Crippen LogP contribution in [-0.4, -0.2) is 11.1 Å². The maximum absolute atomic E-state index is 9.25. The highest BCUT2D eigenvalue weighted by Gasteiger charge is 1.75. The minimum Gasteiger partial charge on any atom is -0.478 e. The van der Waals surface area contributed by atoms with E-state index in [9.17, 15) is 4.79 Å². The number of hydrogen-bond acceptors (Lipinski definition) is 2. The van der Waals surface area contributed by atoms with Crippen molar-refractivity contribution in [1.82, 2.24) is 0 Å². The van der Waals surface area contributed by atoms with Gasteiger partial charge in [0.2, 0.25) is 0 Å². The fourth-order valence-corrected chi connectivity index (χ4v) is 0.589. The molecule has 0 fully saturated rings. The summed E-state index contributed by atoms with van der Waals surface area (Å²) in [4.78, 5) is 9.25. The van der Waals surface area contributed by atoms with Crippen molar-refractivity contribution in [2.75, 3.05) is 0 Å². The molecule has 1 aromatic rings. The molecule has 3 heteroatoms. The minimum absolute atomic E-state index is 0.833. The van der Waals surface area contributed by atoms with Gasteiger partial charge in [-0.05, 0) is 5.56 Å². The van der Waals surface area contributed by atoms with Crippen LogP contribution in [0.3, 0.4) is 0 Å². The predicted molar refractivity (Wildman–Crippen MR) is 90.6 cm³/mol. The van der Waals surface area contributed by atoms with E-state index in [-0.39, 0.29) is 0 Å². The predicted octanol–water partition coefficient (Wildman–Crippen LogP) is 4.64. The van der Waals surface area contributed by atoms with Gasteiger partial charge in [-0.3, -0.25) is 0 Å². The molecule has 0 bridgehead atoms. The third-order valence-electron chi connectivity index (χ3n) is 1.47. The molecule has 3 nitrogen and oxygen atoms in total. The van der Waals surface area contributed by atoms with E-state index < -0.39 is 5.97 Å². The smallest absolute Gasteiger partial charge is 0.327 e. The summed E-state index contributed by atoms with van der Waals surface area (Å²) < 4.78 is 0. The zero-order valence-corrected chi connectivity index (χ0v) is 12.1. The molecule has 0 aliphatic rings. The molecule has 0 amide bonds. The number of benzene rings is 1. The molecule has 0 unspecified atom stereocenters. The molecule has 0 saturated heterocycles. The molecule has 21 heavy (non-hydrogen) atoms. The van der Waals surface area contributed by atoms with Crippen LogP contribution >= 0.6 is 0 Å². The van der Waals surface area contributed by atoms with E-state index in [2.05, 4.69) is 32.9 Å². The van der Waals surface area contributed by atoms with E-state index in [1.165, 1.54) is 11.6 Å². The molecule has 0 atom stereocenters. The van der Waals surface area contributed by atoms with Crippen molar-refractivity contribution in [2.24, 2.45) is 0 Å². The number of rotatable bonds is 3. The van der Waals surface area contributed by atoms with Gasteiger partial charge < -0.3 is 5.11 Å². The van der Waals surface area contributed by atoms with Gasteiger partial charge in [-0.2, -0.15) is 5.26 Å². The fourth-order valence-electron chi connectivity index (χ4n) is 0.589. The van der Waals surface area contributed by atoms with Crippen molar-refractivity contribution in [3.63, 3.8) is 0 Å². The Bertz CT molecular complexity index is 462. The highest BCUT2D eigenvalue weighted by Crippen LogP contribution is 1.97. The van der Waals surface area contributed by atoms with Crippen molar-refractivity contribution < 1.29 is 9.90 Å². The summed E-state index contributed by atoms with van der Waals surface area (Å²) >= 11 is 0. The summed E-state index contributed by atoms with van der Waals surface area (Å²) in [5.41, 5.74) is 1.17. The Morgan fingerprint density at radius 1 is 1.05 bits per heavy atom. The maximum atomic E-state index is 9.25. The normalized spacial score (nSPS) is 6.43. The average Bonchev–Trinajstić information content (AvgIpc) is 2.56. The molecule has 1 aromatic carbocycles. The van der Waals surface area contributed by atoms with Crippen LogP contribution in [0.25, 0.3) is 6.08 Å². The summed E-state index contributed by atoms with van der Waals surface area (Å²) in [6.45, 7) is 16.4. The van der Waals surface area contributed by atoms with Gasteiger partial charge >= 0.3 is 5.97 Å². The second-order valence-corrected chi connectivity index (χ2v) is 2.96. The van der Waals surface area contributed by atoms with Crippen LogP contribution in [0.1, 0.15) is 5.56 Å². The summed E-state index contributed by atoms with van der Waals surface area (Å²) in [7, 11) is 0. The van der Waals surface area contributed by atoms with Crippen LogP contribution in [0.4, 0.5) is 0 Å². The van der Waals surface area contributed by atoms with Crippen LogP contribution in [0.15, 0.2) is 87.5 Å². The topological polar surface area (TPSA) is 61.1 Å². The second-order valence-electron chi connectivity index (χ2n) is 2.96. The highest BCUT2D eigenvalue weighted by molar-refractivity contribution is 5.78. The highest BCUT2D eigenvalue weighted by atomic mass is 16.4.